The molecule has 1 fully saturated rings. The number of hydrogen-bond donors (Lipinski definition) is 1. The molecule has 0 saturated heterocycles. The number of carbonyl (C=O) groups is 2. The molecule has 3 aromatic rings. The molecule has 0 spiro atoms. The molecule has 1 aliphatic carbocycles. The summed E-state index contributed by atoms with van der Waals surface area (Å²) in [6, 6.07) is 18.9. The molecule has 2 aromatic carbocycles. The quantitative estimate of drug-likeness (QED) is 0.301. The van der Waals surface area contributed by atoms with Gasteiger partial charge >= 0.3 is 5.97 Å². The minimum atomic E-state index is -0.890. The minimum absolute atomic E-state index is 0.0129. The molecule has 1 saturated carbocycles. The highest BCUT2D eigenvalue weighted by Crippen LogP contribution is 2.29. The van der Waals surface area contributed by atoms with Crippen molar-refractivity contribution in [2.45, 2.75) is 63.9 Å². The highest BCUT2D eigenvalue weighted by atomic mass is 16.5. The van der Waals surface area contributed by atoms with Crippen molar-refractivity contribution in [2.24, 2.45) is 0 Å². The number of carboxylic acids is 1. The number of nitrogens with zero attached hydrogens (tertiary/aromatic N) is 2. The van der Waals surface area contributed by atoms with E-state index in [-0.39, 0.29) is 18.4 Å². The van der Waals surface area contributed by atoms with Crippen LogP contribution in [0.3, 0.4) is 0 Å². The Kier molecular flexibility index (Phi) is 8.59. The van der Waals surface area contributed by atoms with Gasteiger partial charge in [0.2, 0.25) is 0 Å². The van der Waals surface area contributed by atoms with E-state index in [1.165, 1.54) is 0 Å². The Bertz CT molecular complexity index is 1160. The Balaban J connectivity index is 1.50. The first-order chi connectivity index (χ1) is 18.0. The van der Waals surface area contributed by atoms with Crippen LogP contribution in [0, 0.1) is 0 Å². The molecule has 36 heavy (non-hydrogen) atoms. The van der Waals surface area contributed by atoms with E-state index in [2.05, 4.69) is 4.98 Å². The Morgan fingerprint density at radius 1 is 0.944 bits per heavy atom. The van der Waals surface area contributed by atoms with E-state index < -0.39 is 12.5 Å². The molecular formula is C30H34N2O4. The van der Waals surface area contributed by atoms with E-state index >= 15 is 0 Å². The van der Waals surface area contributed by atoms with Gasteiger partial charge in [0.05, 0.1) is 7.98 Å². The number of amides is 1. The van der Waals surface area contributed by atoms with Gasteiger partial charge in [-0.1, -0.05) is 43.2 Å². The number of carbonyl (C=O) groups excluding carboxylic acids is 1. The molecule has 0 aliphatic heterocycles. The van der Waals surface area contributed by atoms with Crippen molar-refractivity contribution in [1.29, 1.82) is 0 Å². The Labute approximate surface area is 214 Å². The van der Waals surface area contributed by atoms with E-state index in [0.717, 1.165) is 49.7 Å². The molecule has 1 heterocycles. The summed E-state index contributed by atoms with van der Waals surface area (Å²) >= 11 is 0. The average molecular weight is 488 g/mol. The van der Waals surface area contributed by atoms with Crippen LogP contribution in [0.15, 0.2) is 73.1 Å². The van der Waals surface area contributed by atoms with Crippen LogP contribution >= 0.6 is 0 Å². The third-order valence-electron chi connectivity index (χ3n) is 6.59. The standard InChI is InChI=1S/C30H34N2O4/c33-29(34)12-2-1-7-21-36-28-11-6-3-8-26(28)22-32(27-9-4-5-10-27)30(35)25-15-13-23(14-16-25)24-17-19-31-20-18-24/h3,6,8,11,13-20,27H,1-2,4-5,7,9-10,12,21-22H2,(H,33,34)/i22D. The van der Waals surface area contributed by atoms with Gasteiger partial charge in [0.15, 0.2) is 0 Å². The summed E-state index contributed by atoms with van der Waals surface area (Å²) in [5.41, 5.74) is 3.28. The maximum Gasteiger partial charge on any atom is 0.303 e. The molecule has 0 radical (unpaired) electrons. The number of hydrogen-bond acceptors (Lipinski definition) is 4. The van der Waals surface area contributed by atoms with Crippen molar-refractivity contribution in [1.82, 2.24) is 9.88 Å². The van der Waals surface area contributed by atoms with Gasteiger partial charge < -0.3 is 14.7 Å². The smallest absolute Gasteiger partial charge is 0.303 e. The Morgan fingerprint density at radius 2 is 1.64 bits per heavy atom. The number of unbranched alkanes of at least 4 members (excludes halogenated alkanes) is 2. The number of carboxylic acid groups (broad SMARTS) is 1. The lowest BCUT2D eigenvalue weighted by molar-refractivity contribution is -0.137. The van der Waals surface area contributed by atoms with Gasteiger partial charge in [0, 0.05) is 42.5 Å². The summed E-state index contributed by atoms with van der Waals surface area (Å²) in [4.78, 5) is 30.3. The zero-order valence-electron chi connectivity index (χ0n) is 21.5. The van der Waals surface area contributed by atoms with Crippen LogP contribution in [0.1, 0.15) is 68.7 Å². The van der Waals surface area contributed by atoms with Crippen LogP contribution < -0.4 is 4.74 Å². The molecule has 1 aromatic heterocycles. The predicted molar refractivity (Wildman–Crippen MR) is 140 cm³/mol. The molecule has 1 atom stereocenters. The van der Waals surface area contributed by atoms with E-state index in [1.807, 2.05) is 60.7 Å². The first kappa shape index (κ1) is 24.0. The highest BCUT2D eigenvalue weighted by molar-refractivity contribution is 5.95. The summed E-state index contributed by atoms with van der Waals surface area (Å²) in [5.74, 6) is -0.326. The SMILES string of the molecule is [2H]C(c1ccccc1OCCCCCC(=O)O)N(C(=O)c1ccc(-c2ccncc2)cc1)C1CCCC1. The third kappa shape index (κ3) is 6.94. The lowest BCUT2D eigenvalue weighted by atomic mass is 10.0. The van der Waals surface area contributed by atoms with Crippen molar-refractivity contribution in [2.75, 3.05) is 6.61 Å². The molecule has 188 valence electrons. The van der Waals surface area contributed by atoms with Gasteiger partial charge in [0.1, 0.15) is 5.75 Å². The van der Waals surface area contributed by atoms with E-state index in [9.17, 15) is 11.0 Å². The van der Waals surface area contributed by atoms with Gasteiger partial charge in [0.25, 0.3) is 5.91 Å². The zero-order chi connectivity index (χ0) is 26.0. The van der Waals surface area contributed by atoms with Crippen LogP contribution in [0.4, 0.5) is 0 Å². The topological polar surface area (TPSA) is 79.7 Å². The molecule has 6 nitrogen and oxygen atoms in total. The number of ether oxygens (including phenoxy) is 1. The van der Waals surface area contributed by atoms with Crippen LogP contribution in [-0.2, 0) is 11.3 Å². The number of para-hydroxylation sites is 1. The number of pyridine rings is 1. The van der Waals surface area contributed by atoms with Crippen molar-refractivity contribution >= 4 is 11.9 Å². The minimum Gasteiger partial charge on any atom is -0.493 e. The largest absolute Gasteiger partial charge is 0.493 e. The summed E-state index contributed by atoms with van der Waals surface area (Å²) in [5, 5.41) is 8.79. The maximum absolute atomic E-state index is 13.8. The molecular weight excluding hydrogens is 452 g/mol. The van der Waals surface area contributed by atoms with Gasteiger partial charge in [-0.3, -0.25) is 14.6 Å². The molecule has 1 amide bonds. The molecule has 1 unspecified atom stereocenters. The van der Waals surface area contributed by atoms with Gasteiger partial charge in [-0.25, -0.2) is 0 Å². The lowest BCUT2D eigenvalue weighted by Crippen LogP contribution is -2.38. The van der Waals surface area contributed by atoms with Gasteiger partial charge in [-0.15, -0.1) is 0 Å². The summed E-state index contributed by atoms with van der Waals surface area (Å²) < 4.78 is 15.2. The second-order valence-corrected chi connectivity index (χ2v) is 9.18. The fourth-order valence-corrected chi connectivity index (χ4v) is 4.62. The normalized spacial score (nSPS) is 14.7. The molecule has 1 aliphatic rings. The van der Waals surface area contributed by atoms with Gasteiger partial charge in [-0.2, -0.15) is 0 Å². The van der Waals surface area contributed by atoms with Crippen LogP contribution in [-0.4, -0.2) is 39.5 Å². The maximum atomic E-state index is 13.8. The molecule has 6 heteroatoms. The second kappa shape index (κ2) is 12.9. The van der Waals surface area contributed by atoms with E-state index in [4.69, 9.17) is 9.84 Å². The highest BCUT2D eigenvalue weighted by Gasteiger charge is 2.28. The van der Waals surface area contributed by atoms with E-state index in [1.54, 1.807) is 17.3 Å². The van der Waals surface area contributed by atoms with Crippen molar-refractivity contribution < 1.29 is 20.8 Å². The van der Waals surface area contributed by atoms with Crippen molar-refractivity contribution in [3.8, 4) is 16.9 Å². The van der Waals surface area contributed by atoms with Crippen molar-refractivity contribution in [3.63, 3.8) is 0 Å². The number of aromatic nitrogens is 1. The summed E-state index contributed by atoms with van der Waals surface area (Å²) in [7, 11) is 0. The Hall–Kier alpha value is -3.67. The first-order valence-corrected chi connectivity index (χ1v) is 12.7. The molecule has 1 N–H and O–H groups in total. The number of aliphatic carboxylic acids is 1. The zero-order valence-corrected chi connectivity index (χ0v) is 20.5. The van der Waals surface area contributed by atoms with Crippen molar-refractivity contribution in [3.05, 3.63) is 84.2 Å². The van der Waals surface area contributed by atoms with Crippen LogP contribution in [0.5, 0.6) is 5.75 Å². The Morgan fingerprint density at radius 3 is 2.36 bits per heavy atom. The second-order valence-electron chi connectivity index (χ2n) is 9.18. The predicted octanol–water partition coefficient (Wildman–Crippen LogP) is 6.36. The molecule has 0 bridgehead atoms. The average Bonchev–Trinajstić information content (AvgIpc) is 3.46. The lowest BCUT2D eigenvalue weighted by Gasteiger charge is -2.30. The van der Waals surface area contributed by atoms with E-state index in [0.29, 0.717) is 29.9 Å². The van der Waals surface area contributed by atoms with Gasteiger partial charge in [-0.05, 0) is 73.6 Å². The first-order valence-electron chi connectivity index (χ1n) is 13.3. The summed E-state index contributed by atoms with van der Waals surface area (Å²) in [6.07, 6.45) is 9.66. The fraction of sp³-hybridized carbons (Fsp3) is 0.367. The summed E-state index contributed by atoms with van der Waals surface area (Å²) in [6.45, 7) is -0.448. The number of benzene rings is 2. The third-order valence-corrected chi connectivity index (χ3v) is 6.59. The van der Waals surface area contributed by atoms with Crippen LogP contribution in [0.25, 0.3) is 11.1 Å². The van der Waals surface area contributed by atoms with Crippen LogP contribution in [0.2, 0.25) is 0 Å². The monoisotopic (exact) mass is 487 g/mol. The molecule has 4 rings (SSSR count). The fourth-order valence-electron chi connectivity index (χ4n) is 4.62. The number of rotatable bonds is 12.